The topological polar surface area (TPSA) is 22.1 Å². The average molecular weight is 315 g/mol. The van der Waals surface area contributed by atoms with Crippen LogP contribution in [0.2, 0.25) is 0 Å². The quantitative estimate of drug-likeness (QED) is 0.470. The maximum atomic E-state index is 6.16. The highest BCUT2D eigenvalue weighted by atomic mass is 16.5. The van der Waals surface area contributed by atoms with Crippen LogP contribution in [0.15, 0.2) is 60.8 Å². The van der Waals surface area contributed by atoms with Gasteiger partial charge in [0.05, 0.1) is 6.20 Å². The van der Waals surface area contributed by atoms with Gasteiger partial charge < -0.3 is 4.74 Å². The van der Waals surface area contributed by atoms with Crippen molar-refractivity contribution in [3.63, 3.8) is 0 Å². The molecule has 4 rings (SSSR count). The summed E-state index contributed by atoms with van der Waals surface area (Å²) >= 11 is 0. The largest absolute Gasteiger partial charge is 0.455 e. The lowest BCUT2D eigenvalue weighted by Crippen LogP contribution is -2.12. The summed E-state index contributed by atoms with van der Waals surface area (Å²) < 4.78 is 6.16. The van der Waals surface area contributed by atoms with Gasteiger partial charge in [-0.05, 0) is 34.9 Å². The lowest BCUT2D eigenvalue weighted by Gasteiger charge is -2.18. The second kappa shape index (κ2) is 5.48. The zero-order valence-corrected chi connectivity index (χ0v) is 14.3. The van der Waals surface area contributed by atoms with E-state index in [1.165, 1.54) is 22.3 Å². The summed E-state index contributed by atoms with van der Waals surface area (Å²) in [6.45, 7) is 6.49. The van der Waals surface area contributed by atoms with E-state index in [-0.39, 0.29) is 5.41 Å². The zero-order valence-electron chi connectivity index (χ0n) is 14.3. The number of aromatic nitrogens is 1. The summed E-state index contributed by atoms with van der Waals surface area (Å²) in [4.78, 5) is 4.55. The number of benzene rings is 2. The fourth-order valence-electron chi connectivity index (χ4n) is 3.23. The highest BCUT2D eigenvalue weighted by Crippen LogP contribution is 2.42. The van der Waals surface area contributed by atoms with Crippen molar-refractivity contribution >= 4 is 0 Å². The summed E-state index contributed by atoms with van der Waals surface area (Å²) in [5, 5.41) is 0. The smallest absolute Gasteiger partial charge is 0.145 e. The highest BCUT2D eigenvalue weighted by molar-refractivity contribution is 5.79. The van der Waals surface area contributed by atoms with Crippen LogP contribution in [-0.4, -0.2) is 4.98 Å². The average Bonchev–Trinajstić information content (AvgIpc) is 2.94. The maximum absolute atomic E-state index is 6.16. The minimum Gasteiger partial charge on any atom is -0.455 e. The summed E-state index contributed by atoms with van der Waals surface area (Å²) in [5.74, 6) is 1.71. The summed E-state index contributed by atoms with van der Waals surface area (Å²) in [5.41, 5.74) is 6.35. The van der Waals surface area contributed by atoms with E-state index in [9.17, 15) is 0 Å². The van der Waals surface area contributed by atoms with E-state index >= 15 is 0 Å². The maximum Gasteiger partial charge on any atom is 0.145 e. The van der Waals surface area contributed by atoms with Gasteiger partial charge in [-0.1, -0.05) is 57.2 Å². The first-order chi connectivity index (χ1) is 11.5. The highest BCUT2D eigenvalue weighted by Gasteiger charge is 2.21. The molecule has 0 spiro atoms. The van der Waals surface area contributed by atoms with Gasteiger partial charge in [0.15, 0.2) is 0 Å². The first-order valence-electron chi connectivity index (χ1n) is 8.37. The van der Waals surface area contributed by atoms with Crippen LogP contribution in [0.25, 0.3) is 11.1 Å². The molecule has 1 aliphatic rings. The molecule has 0 fully saturated rings. The molecule has 0 N–H and O–H groups in total. The second-order valence-corrected chi connectivity index (χ2v) is 7.35. The fourth-order valence-corrected chi connectivity index (χ4v) is 3.23. The van der Waals surface area contributed by atoms with Gasteiger partial charge in [0.1, 0.15) is 11.5 Å². The molecule has 1 aromatic heterocycles. The molecule has 0 aliphatic heterocycles. The number of nitrogens with zero attached hydrogens (tertiary/aromatic N) is 1. The van der Waals surface area contributed by atoms with E-state index in [1.807, 2.05) is 24.4 Å². The van der Waals surface area contributed by atoms with Crippen LogP contribution in [0.3, 0.4) is 0 Å². The molecule has 1 heterocycles. The molecule has 0 unspecified atom stereocenters. The minimum atomic E-state index is 0.0498. The van der Waals surface area contributed by atoms with Crippen LogP contribution in [0.1, 0.15) is 37.6 Å². The van der Waals surface area contributed by atoms with Crippen molar-refractivity contribution in [2.45, 2.75) is 32.6 Å². The second-order valence-electron chi connectivity index (χ2n) is 7.35. The van der Waals surface area contributed by atoms with Crippen molar-refractivity contribution < 1.29 is 4.74 Å². The van der Waals surface area contributed by atoms with E-state index in [0.29, 0.717) is 0 Å². The third-order valence-corrected chi connectivity index (χ3v) is 4.54. The molecule has 1 aliphatic carbocycles. The number of pyridine rings is 1. The van der Waals surface area contributed by atoms with Gasteiger partial charge in [-0.25, -0.2) is 0 Å². The summed E-state index contributed by atoms with van der Waals surface area (Å²) in [7, 11) is 0. The van der Waals surface area contributed by atoms with Crippen LogP contribution >= 0.6 is 0 Å². The Morgan fingerprint density at radius 2 is 1.67 bits per heavy atom. The number of fused-ring (bicyclic) bond motifs is 3. The Bertz CT molecular complexity index is 889. The standard InChI is InChI=1S/C22H21NO/c1-22(2,3)21-12-11-16(14-23-21)24-20-10-6-9-18-17-8-5-4-7-15(17)13-19(18)20/h4-12,14H,13H2,1-3H3. The van der Waals surface area contributed by atoms with Gasteiger partial charge in [-0.15, -0.1) is 0 Å². The van der Waals surface area contributed by atoms with Gasteiger partial charge in [0.25, 0.3) is 0 Å². The van der Waals surface area contributed by atoms with Gasteiger partial charge in [0, 0.05) is 23.1 Å². The third-order valence-electron chi connectivity index (χ3n) is 4.54. The van der Waals surface area contributed by atoms with Crippen LogP contribution in [0, 0.1) is 0 Å². The number of ether oxygens (including phenoxy) is 1. The predicted octanol–water partition coefficient (Wildman–Crippen LogP) is 5.74. The number of hydrogen-bond donors (Lipinski definition) is 0. The van der Waals surface area contributed by atoms with Crippen molar-refractivity contribution in [1.29, 1.82) is 0 Å². The SMILES string of the molecule is CC(C)(C)c1ccc(Oc2cccc3c2Cc2ccccc2-3)cn1. The van der Waals surface area contributed by atoms with Crippen LogP contribution in [0.4, 0.5) is 0 Å². The molecule has 120 valence electrons. The van der Waals surface area contributed by atoms with Gasteiger partial charge in [-0.2, -0.15) is 0 Å². The van der Waals surface area contributed by atoms with Crippen molar-refractivity contribution in [2.75, 3.05) is 0 Å². The van der Waals surface area contributed by atoms with Crippen LogP contribution in [-0.2, 0) is 11.8 Å². The molecule has 2 nitrogen and oxygen atoms in total. The van der Waals surface area contributed by atoms with E-state index in [4.69, 9.17) is 4.74 Å². The molecular formula is C22H21NO. The van der Waals surface area contributed by atoms with Gasteiger partial charge in [0.2, 0.25) is 0 Å². The van der Waals surface area contributed by atoms with Crippen molar-refractivity contribution in [1.82, 2.24) is 4.98 Å². The lowest BCUT2D eigenvalue weighted by atomic mass is 9.92. The molecule has 0 amide bonds. The Morgan fingerprint density at radius 3 is 2.42 bits per heavy atom. The summed E-state index contributed by atoms with van der Waals surface area (Å²) in [6.07, 6.45) is 2.75. The Labute approximate surface area is 143 Å². The molecular weight excluding hydrogens is 294 g/mol. The molecule has 0 saturated carbocycles. The van der Waals surface area contributed by atoms with E-state index in [2.05, 4.69) is 62.2 Å². The van der Waals surface area contributed by atoms with E-state index in [1.54, 1.807) is 0 Å². The number of hydrogen-bond acceptors (Lipinski definition) is 2. The van der Waals surface area contributed by atoms with Crippen molar-refractivity contribution in [3.05, 3.63) is 77.6 Å². The lowest BCUT2D eigenvalue weighted by molar-refractivity contribution is 0.473. The van der Waals surface area contributed by atoms with Crippen molar-refractivity contribution in [2.24, 2.45) is 0 Å². The van der Waals surface area contributed by atoms with E-state index in [0.717, 1.165) is 23.6 Å². The van der Waals surface area contributed by atoms with Gasteiger partial charge >= 0.3 is 0 Å². The number of rotatable bonds is 2. The molecule has 0 radical (unpaired) electrons. The first kappa shape index (κ1) is 14.9. The van der Waals surface area contributed by atoms with Gasteiger partial charge in [-0.3, -0.25) is 4.98 Å². The molecule has 2 aromatic carbocycles. The molecule has 0 atom stereocenters. The molecule has 2 heteroatoms. The minimum absolute atomic E-state index is 0.0498. The first-order valence-corrected chi connectivity index (χ1v) is 8.37. The monoisotopic (exact) mass is 315 g/mol. The molecule has 3 aromatic rings. The Balaban J connectivity index is 1.65. The molecule has 0 saturated heterocycles. The normalized spacial score (nSPS) is 12.6. The van der Waals surface area contributed by atoms with E-state index < -0.39 is 0 Å². The Hall–Kier alpha value is -2.61. The van der Waals surface area contributed by atoms with Crippen molar-refractivity contribution in [3.8, 4) is 22.6 Å². The fraction of sp³-hybridized carbons (Fsp3) is 0.227. The molecule has 24 heavy (non-hydrogen) atoms. The summed E-state index contributed by atoms with van der Waals surface area (Å²) in [6, 6.07) is 18.9. The Kier molecular flexibility index (Phi) is 3.42. The van der Waals surface area contributed by atoms with Crippen LogP contribution < -0.4 is 4.74 Å². The molecule has 0 bridgehead atoms. The zero-order chi connectivity index (χ0) is 16.7. The van der Waals surface area contributed by atoms with Crippen LogP contribution in [0.5, 0.6) is 11.5 Å². The Morgan fingerprint density at radius 1 is 0.875 bits per heavy atom. The third kappa shape index (κ3) is 2.58. The predicted molar refractivity (Wildman–Crippen MR) is 97.7 cm³/mol.